The number of nitrogens with one attached hydrogen (secondary N) is 1. The molecule has 5 heteroatoms. The molecule has 2 heterocycles. The highest BCUT2D eigenvalue weighted by Gasteiger charge is 2.30. The summed E-state index contributed by atoms with van der Waals surface area (Å²) in [7, 11) is 0. The highest BCUT2D eigenvalue weighted by Crippen LogP contribution is 2.27. The Bertz CT molecular complexity index is 905. The molecule has 1 amide bonds. The number of amides is 1. The molecule has 1 fully saturated rings. The predicted octanol–water partition coefficient (Wildman–Crippen LogP) is 4.40. The first-order chi connectivity index (χ1) is 13.2. The molecule has 1 aromatic heterocycles. The first kappa shape index (κ1) is 17.7. The zero-order chi connectivity index (χ0) is 18.6. The van der Waals surface area contributed by atoms with Crippen molar-refractivity contribution < 1.29 is 4.79 Å². The second-order valence-electron chi connectivity index (χ2n) is 6.87. The van der Waals surface area contributed by atoms with Crippen molar-refractivity contribution in [2.45, 2.75) is 32.4 Å². The predicted molar refractivity (Wildman–Crippen MR) is 111 cm³/mol. The quantitative estimate of drug-likeness (QED) is 0.717. The van der Waals surface area contributed by atoms with E-state index in [4.69, 9.17) is 0 Å². The maximum absolute atomic E-state index is 12.7. The molecule has 1 N–H and O–H groups in total. The van der Waals surface area contributed by atoms with Crippen LogP contribution in [-0.4, -0.2) is 23.5 Å². The van der Waals surface area contributed by atoms with Gasteiger partial charge in [0.05, 0.1) is 16.1 Å². The molecule has 0 bridgehead atoms. The van der Waals surface area contributed by atoms with Gasteiger partial charge in [0.15, 0.2) is 0 Å². The zero-order valence-corrected chi connectivity index (χ0v) is 16.2. The van der Waals surface area contributed by atoms with Crippen molar-refractivity contribution in [3.8, 4) is 10.4 Å². The van der Waals surface area contributed by atoms with E-state index in [2.05, 4.69) is 51.6 Å². The average Bonchev–Trinajstić information content (AvgIpc) is 3.36. The molecule has 3 aromatic rings. The van der Waals surface area contributed by atoms with Crippen LogP contribution in [0.4, 0.5) is 5.69 Å². The zero-order valence-electron chi connectivity index (χ0n) is 15.4. The van der Waals surface area contributed by atoms with Gasteiger partial charge < -0.3 is 10.2 Å². The number of hydrogen-bond acceptors (Lipinski definition) is 4. The standard InChI is InChI=1S/C22H23N3OS/c1-16-21(27-15-24-16)18-11-9-17(10-12-18)14-23-22(26)20-8-5-13-25(20)19-6-3-2-4-7-19/h2-4,6-7,9-12,15,20H,5,8,13-14H2,1H3,(H,23,26). The van der Waals surface area contributed by atoms with Crippen LogP contribution in [0.1, 0.15) is 24.1 Å². The number of benzene rings is 2. The van der Waals surface area contributed by atoms with Crippen LogP contribution in [0, 0.1) is 6.92 Å². The number of para-hydroxylation sites is 1. The molecule has 1 atom stereocenters. The highest BCUT2D eigenvalue weighted by atomic mass is 32.1. The van der Waals surface area contributed by atoms with Gasteiger partial charge >= 0.3 is 0 Å². The Kier molecular flexibility index (Phi) is 5.21. The normalized spacial score (nSPS) is 16.5. The molecular weight excluding hydrogens is 354 g/mol. The lowest BCUT2D eigenvalue weighted by atomic mass is 10.1. The Hall–Kier alpha value is -2.66. The Morgan fingerprint density at radius 2 is 1.96 bits per heavy atom. The van der Waals surface area contributed by atoms with Crippen LogP contribution in [-0.2, 0) is 11.3 Å². The summed E-state index contributed by atoms with van der Waals surface area (Å²) in [6.07, 6.45) is 1.96. The van der Waals surface area contributed by atoms with E-state index in [1.807, 2.05) is 30.6 Å². The molecule has 2 aromatic carbocycles. The summed E-state index contributed by atoms with van der Waals surface area (Å²) in [6, 6.07) is 18.5. The summed E-state index contributed by atoms with van der Waals surface area (Å²) in [5.74, 6) is 0.110. The van der Waals surface area contributed by atoms with Gasteiger partial charge in [-0.15, -0.1) is 11.3 Å². The largest absolute Gasteiger partial charge is 0.360 e. The lowest BCUT2D eigenvalue weighted by Gasteiger charge is -2.26. The van der Waals surface area contributed by atoms with Gasteiger partial charge in [-0.3, -0.25) is 4.79 Å². The van der Waals surface area contributed by atoms with Gasteiger partial charge in [0.25, 0.3) is 0 Å². The molecule has 138 valence electrons. The summed E-state index contributed by atoms with van der Waals surface area (Å²) in [4.78, 5) is 20.5. The summed E-state index contributed by atoms with van der Waals surface area (Å²) in [5, 5.41) is 3.12. The van der Waals surface area contributed by atoms with Gasteiger partial charge in [-0.1, -0.05) is 42.5 Å². The van der Waals surface area contributed by atoms with Gasteiger partial charge in [-0.05, 0) is 43.0 Å². The van der Waals surface area contributed by atoms with E-state index in [1.165, 1.54) is 10.4 Å². The summed E-state index contributed by atoms with van der Waals surface area (Å²) >= 11 is 1.66. The van der Waals surface area contributed by atoms with Crippen LogP contribution in [0.15, 0.2) is 60.1 Å². The number of rotatable bonds is 5. The monoisotopic (exact) mass is 377 g/mol. The fourth-order valence-electron chi connectivity index (χ4n) is 3.63. The topological polar surface area (TPSA) is 45.2 Å². The molecule has 27 heavy (non-hydrogen) atoms. The van der Waals surface area contributed by atoms with E-state index in [0.717, 1.165) is 36.3 Å². The minimum absolute atomic E-state index is 0.0773. The summed E-state index contributed by atoms with van der Waals surface area (Å²) in [5.41, 5.74) is 6.34. The van der Waals surface area contributed by atoms with E-state index in [9.17, 15) is 4.79 Å². The van der Waals surface area contributed by atoms with E-state index in [0.29, 0.717) is 6.54 Å². The molecule has 0 aliphatic carbocycles. The number of anilines is 1. The number of aromatic nitrogens is 1. The van der Waals surface area contributed by atoms with Crippen molar-refractivity contribution >= 4 is 22.9 Å². The van der Waals surface area contributed by atoms with Crippen molar-refractivity contribution in [2.75, 3.05) is 11.4 Å². The lowest BCUT2D eigenvalue weighted by Crippen LogP contribution is -2.43. The van der Waals surface area contributed by atoms with E-state index in [1.54, 1.807) is 11.3 Å². The average molecular weight is 378 g/mol. The van der Waals surface area contributed by atoms with Crippen molar-refractivity contribution in [3.05, 3.63) is 71.4 Å². The van der Waals surface area contributed by atoms with Gasteiger partial charge in [0.1, 0.15) is 6.04 Å². The van der Waals surface area contributed by atoms with Gasteiger partial charge in [-0.25, -0.2) is 4.98 Å². The van der Waals surface area contributed by atoms with Crippen molar-refractivity contribution in [1.29, 1.82) is 0 Å². The summed E-state index contributed by atoms with van der Waals surface area (Å²) < 4.78 is 0. The highest BCUT2D eigenvalue weighted by molar-refractivity contribution is 7.13. The third-order valence-electron chi connectivity index (χ3n) is 5.07. The lowest BCUT2D eigenvalue weighted by molar-refractivity contribution is -0.122. The van der Waals surface area contributed by atoms with Crippen LogP contribution in [0.3, 0.4) is 0 Å². The number of carbonyl (C=O) groups is 1. The maximum atomic E-state index is 12.7. The van der Waals surface area contributed by atoms with Crippen LogP contribution < -0.4 is 10.2 Å². The van der Waals surface area contributed by atoms with Gasteiger partial charge in [0, 0.05) is 18.8 Å². The number of nitrogens with zero attached hydrogens (tertiary/aromatic N) is 2. The van der Waals surface area contributed by atoms with Crippen molar-refractivity contribution in [2.24, 2.45) is 0 Å². The molecule has 1 saturated heterocycles. The SMILES string of the molecule is Cc1ncsc1-c1ccc(CNC(=O)C2CCCN2c2ccccc2)cc1. The minimum Gasteiger partial charge on any atom is -0.360 e. The molecular formula is C22H23N3OS. The smallest absolute Gasteiger partial charge is 0.242 e. The molecule has 0 radical (unpaired) electrons. The fourth-order valence-corrected chi connectivity index (χ4v) is 4.44. The number of aryl methyl sites for hydroxylation is 1. The third-order valence-corrected chi connectivity index (χ3v) is 6.05. The third kappa shape index (κ3) is 3.88. The molecule has 1 unspecified atom stereocenters. The molecule has 1 aliphatic rings. The Labute approximate surface area is 163 Å². The first-order valence-corrected chi connectivity index (χ1v) is 10.2. The van der Waals surface area contributed by atoms with E-state index in [-0.39, 0.29) is 11.9 Å². The second-order valence-corrected chi connectivity index (χ2v) is 7.72. The fraction of sp³-hybridized carbons (Fsp3) is 0.273. The first-order valence-electron chi connectivity index (χ1n) is 9.31. The molecule has 4 rings (SSSR count). The van der Waals surface area contributed by atoms with Gasteiger partial charge in [0.2, 0.25) is 5.91 Å². The van der Waals surface area contributed by atoms with E-state index < -0.39 is 0 Å². The molecule has 1 aliphatic heterocycles. The maximum Gasteiger partial charge on any atom is 0.242 e. The number of hydrogen-bond donors (Lipinski definition) is 1. The van der Waals surface area contributed by atoms with Gasteiger partial charge in [-0.2, -0.15) is 0 Å². The second kappa shape index (κ2) is 7.92. The minimum atomic E-state index is -0.0773. The number of carbonyl (C=O) groups excluding carboxylic acids is 1. The van der Waals surface area contributed by atoms with Crippen LogP contribution in [0.2, 0.25) is 0 Å². The Balaban J connectivity index is 1.38. The Morgan fingerprint density at radius 3 is 2.67 bits per heavy atom. The molecule has 4 nitrogen and oxygen atoms in total. The van der Waals surface area contributed by atoms with Crippen molar-refractivity contribution in [3.63, 3.8) is 0 Å². The number of thiazole rings is 1. The molecule has 0 spiro atoms. The van der Waals surface area contributed by atoms with Crippen LogP contribution in [0.5, 0.6) is 0 Å². The Morgan fingerprint density at radius 1 is 1.19 bits per heavy atom. The van der Waals surface area contributed by atoms with E-state index >= 15 is 0 Å². The van der Waals surface area contributed by atoms with Crippen molar-refractivity contribution in [1.82, 2.24) is 10.3 Å². The van der Waals surface area contributed by atoms with Crippen LogP contribution >= 0.6 is 11.3 Å². The van der Waals surface area contributed by atoms with Crippen LogP contribution in [0.25, 0.3) is 10.4 Å². The summed E-state index contributed by atoms with van der Waals surface area (Å²) in [6.45, 7) is 3.52. The molecule has 0 saturated carbocycles.